The number of hydrogen-bond donors (Lipinski definition) is 1. The van der Waals surface area contributed by atoms with Gasteiger partial charge < -0.3 is 24.5 Å². The zero-order chi connectivity index (χ0) is 34.9. The van der Waals surface area contributed by atoms with Crippen LogP contribution in [0.1, 0.15) is 28.7 Å². The summed E-state index contributed by atoms with van der Waals surface area (Å²) in [7, 11) is 0. The quantitative estimate of drug-likeness (QED) is 0.189. The second-order valence-corrected chi connectivity index (χ2v) is 14.6. The van der Waals surface area contributed by atoms with E-state index in [9.17, 15) is 9.90 Å². The molecule has 0 aliphatic carbocycles. The van der Waals surface area contributed by atoms with Crippen LogP contribution in [0.4, 0.5) is 5.69 Å². The summed E-state index contributed by atoms with van der Waals surface area (Å²) >= 11 is 3.81. The number of aryl methyl sites for hydroxylation is 2. The topological polar surface area (TPSA) is 90.4 Å². The number of hydrogen-bond acceptors (Lipinski definition) is 5. The minimum atomic E-state index is -1.29. The third-order valence-corrected chi connectivity index (χ3v) is 11.2. The van der Waals surface area contributed by atoms with Gasteiger partial charge in [-0.05, 0) is 48.9 Å². The lowest BCUT2D eigenvalue weighted by molar-refractivity contribution is -0.147. The molecule has 2 bridgehead atoms. The summed E-state index contributed by atoms with van der Waals surface area (Å²) in [5.74, 6) is -2.62. The molecule has 3 heterocycles. The van der Waals surface area contributed by atoms with Gasteiger partial charge in [0.2, 0.25) is 11.8 Å². The van der Waals surface area contributed by atoms with Crippen LogP contribution in [-0.2, 0) is 32.1 Å². The minimum absolute atomic E-state index is 0.208. The summed E-state index contributed by atoms with van der Waals surface area (Å²) in [6, 6.07) is 23.4. The molecule has 3 aromatic carbocycles. The summed E-state index contributed by atoms with van der Waals surface area (Å²) in [6.45, 7) is 12.2. The number of amides is 3. The normalized spacial score (nSPS) is 25.9. The second-order valence-electron chi connectivity index (χ2n) is 13.4. The van der Waals surface area contributed by atoms with Crippen LogP contribution in [0.5, 0.6) is 0 Å². The summed E-state index contributed by atoms with van der Waals surface area (Å²) in [5, 5.41) is 10.9. The molecule has 0 saturated carbocycles. The van der Waals surface area contributed by atoms with E-state index in [1.54, 1.807) is 26.9 Å². The maximum Gasteiger partial charge on any atom is 0.253 e. The number of nitrogens with zero attached hydrogens (tertiary/aromatic N) is 3. The van der Waals surface area contributed by atoms with Crippen LogP contribution in [0.3, 0.4) is 0 Å². The first kappa shape index (κ1) is 34.8. The number of carbonyl (C=O) groups is 3. The minimum Gasteiger partial charge on any atom is -0.394 e. The first-order valence-electron chi connectivity index (χ1n) is 16.9. The van der Waals surface area contributed by atoms with Crippen molar-refractivity contribution in [2.45, 2.75) is 61.8 Å². The third kappa shape index (κ3) is 6.17. The van der Waals surface area contributed by atoms with Crippen molar-refractivity contribution in [1.82, 2.24) is 9.80 Å². The molecule has 3 saturated heterocycles. The standard InChI is InChI=1S/C40H44BrN3O5/c1-5-20-42(24-29-18-11-8-12-19-29)37(46)32-33-38(47)44(30(25-45)22-28-16-9-7-10-17-28)36(40(33)23-31(41)35(32)49-40)39(48)43(21-6-2)34-26(3)14-13-15-27(34)4/h5-19,30-33,35-36,45H,1-2,20-25H2,3-4H3/t30-,31?,32-,33+,35-,36?,40?/m1/s1. The number of likely N-dealkylation sites (tertiary alicyclic amines) is 1. The molecule has 3 amide bonds. The molecule has 9 heteroatoms. The number of anilines is 1. The Labute approximate surface area is 297 Å². The van der Waals surface area contributed by atoms with Crippen LogP contribution >= 0.6 is 15.9 Å². The first-order valence-corrected chi connectivity index (χ1v) is 17.8. The number of benzene rings is 3. The Balaban J connectivity index is 1.47. The van der Waals surface area contributed by atoms with Gasteiger partial charge in [-0.15, -0.1) is 13.2 Å². The van der Waals surface area contributed by atoms with Crippen LogP contribution in [0.25, 0.3) is 0 Å². The van der Waals surface area contributed by atoms with Crippen LogP contribution in [0, 0.1) is 25.7 Å². The van der Waals surface area contributed by atoms with E-state index in [4.69, 9.17) is 4.74 Å². The fourth-order valence-corrected chi connectivity index (χ4v) is 9.30. The van der Waals surface area contributed by atoms with Gasteiger partial charge in [-0.25, -0.2) is 0 Å². The maximum atomic E-state index is 15.3. The van der Waals surface area contributed by atoms with Gasteiger partial charge in [-0.1, -0.05) is 107 Å². The van der Waals surface area contributed by atoms with E-state index in [1.807, 2.05) is 92.7 Å². The number of para-hydroxylation sites is 1. The zero-order valence-corrected chi connectivity index (χ0v) is 29.7. The van der Waals surface area contributed by atoms with E-state index >= 15 is 9.59 Å². The third-order valence-electron chi connectivity index (χ3n) is 10.3. The Morgan fingerprint density at radius 1 is 0.959 bits per heavy atom. The molecule has 0 aromatic heterocycles. The molecule has 3 aliphatic rings. The highest BCUT2D eigenvalue weighted by molar-refractivity contribution is 9.09. The number of halogens is 1. The van der Waals surface area contributed by atoms with Gasteiger partial charge >= 0.3 is 0 Å². The largest absolute Gasteiger partial charge is 0.394 e. The van der Waals surface area contributed by atoms with Gasteiger partial charge in [0, 0.05) is 30.1 Å². The summed E-state index contributed by atoms with van der Waals surface area (Å²) in [4.78, 5) is 49.6. The molecule has 3 unspecified atom stereocenters. The van der Waals surface area contributed by atoms with Crippen molar-refractivity contribution in [2.75, 3.05) is 24.6 Å². The fraction of sp³-hybridized carbons (Fsp3) is 0.375. The van der Waals surface area contributed by atoms with E-state index in [1.165, 1.54) is 0 Å². The lowest BCUT2D eigenvalue weighted by atomic mass is 9.70. The summed E-state index contributed by atoms with van der Waals surface area (Å²) in [6.07, 6.45) is 3.44. The Kier molecular flexibility index (Phi) is 10.2. The smallest absolute Gasteiger partial charge is 0.253 e. The highest BCUT2D eigenvalue weighted by Crippen LogP contribution is 2.61. The molecule has 256 valence electrons. The fourth-order valence-electron chi connectivity index (χ4n) is 8.36. The lowest BCUT2D eigenvalue weighted by Crippen LogP contribution is -2.59. The number of carbonyl (C=O) groups excluding carboxylic acids is 3. The van der Waals surface area contributed by atoms with Gasteiger partial charge in [0.1, 0.15) is 11.6 Å². The number of rotatable bonds is 13. The molecule has 49 heavy (non-hydrogen) atoms. The molecule has 6 rings (SSSR count). The Morgan fingerprint density at radius 3 is 2.16 bits per heavy atom. The van der Waals surface area contributed by atoms with Crippen molar-refractivity contribution in [1.29, 1.82) is 0 Å². The monoisotopic (exact) mass is 725 g/mol. The molecule has 3 fully saturated rings. The van der Waals surface area contributed by atoms with Crippen molar-refractivity contribution < 1.29 is 24.2 Å². The predicted molar refractivity (Wildman–Crippen MR) is 194 cm³/mol. The van der Waals surface area contributed by atoms with Crippen molar-refractivity contribution in [3.8, 4) is 0 Å². The van der Waals surface area contributed by atoms with Gasteiger partial charge in [0.25, 0.3) is 5.91 Å². The average molecular weight is 727 g/mol. The van der Waals surface area contributed by atoms with Crippen LogP contribution < -0.4 is 4.90 Å². The number of ether oxygens (including phenoxy) is 1. The van der Waals surface area contributed by atoms with Crippen LogP contribution in [0.15, 0.2) is 104 Å². The molecule has 3 aromatic rings. The number of aliphatic hydroxyl groups excluding tert-OH is 1. The Bertz CT molecular complexity index is 1700. The summed E-state index contributed by atoms with van der Waals surface area (Å²) in [5.41, 5.74) is 3.15. The molecule has 7 atom stereocenters. The highest BCUT2D eigenvalue weighted by atomic mass is 79.9. The average Bonchev–Trinajstić information content (AvgIpc) is 3.70. The van der Waals surface area contributed by atoms with Crippen LogP contribution in [0.2, 0.25) is 0 Å². The van der Waals surface area contributed by atoms with Crippen molar-refractivity contribution in [3.63, 3.8) is 0 Å². The molecule has 0 radical (unpaired) electrons. The number of alkyl halides is 1. The van der Waals surface area contributed by atoms with Gasteiger partial charge in [-0.3, -0.25) is 14.4 Å². The second kappa shape index (κ2) is 14.4. The SMILES string of the molecule is C=CCN(Cc1ccccc1)C(=O)[C@H]1[C@@H]2OC3(CC2Br)C(C(=O)N(CC=C)c2c(C)cccc2C)N([C@@H](CO)Cc2ccccc2)C(=O)[C@H]13. The van der Waals surface area contributed by atoms with E-state index in [0.29, 0.717) is 19.4 Å². The number of aliphatic hydroxyl groups is 1. The lowest BCUT2D eigenvalue weighted by Gasteiger charge is -2.40. The van der Waals surface area contributed by atoms with Crippen molar-refractivity contribution in [3.05, 3.63) is 126 Å². The molecule has 3 aliphatic heterocycles. The van der Waals surface area contributed by atoms with Crippen molar-refractivity contribution >= 4 is 39.3 Å². The Hall–Kier alpha value is -4.05. The highest BCUT2D eigenvalue weighted by Gasteiger charge is 2.77. The molecule has 1 N–H and O–H groups in total. The maximum absolute atomic E-state index is 15.3. The number of fused-ring (bicyclic) bond motifs is 1. The molecule has 1 spiro atoms. The Morgan fingerprint density at radius 2 is 1.57 bits per heavy atom. The van der Waals surface area contributed by atoms with Crippen molar-refractivity contribution in [2.24, 2.45) is 11.8 Å². The van der Waals surface area contributed by atoms with E-state index in [0.717, 1.165) is 27.9 Å². The van der Waals surface area contributed by atoms with Gasteiger partial charge in [0.15, 0.2) is 0 Å². The molecule has 8 nitrogen and oxygen atoms in total. The van der Waals surface area contributed by atoms with E-state index < -0.39 is 35.6 Å². The molecular formula is C40H44BrN3O5. The zero-order valence-electron chi connectivity index (χ0n) is 28.1. The van der Waals surface area contributed by atoms with E-state index in [-0.39, 0.29) is 42.2 Å². The predicted octanol–water partition coefficient (Wildman–Crippen LogP) is 5.39. The first-order chi connectivity index (χ1) is 23.7. The van der Waals surface area contributed by atoms with Crippen LogP contribution in [-0.4, -0.2) is 80.9 Å². The molecular weight excluding hydrogens is 682 g/mol. The van der Waals surface area contributed by atoms with Gasteiger partial charge in [-0.2, -0.15) is 0 Å². The van der Waals surface area contributed by atoms with Gasteiger partial charge in [0.05, 0.1) is 30.6 Å². The summed E-state index contributed by atoms with van der Waals surface area (Å²) < 4.78 is 6.87. The van der Waals surface area contributed by atoms with E-state index in [2.05, 4.69) is 29.1 Å².